The number of ether oxygens (including phenoxy) is 6. The first-order chi connectivity index (χ1) is 18.1. The van der Waals surface area contributed by atoms with Crippen molar-refractivity contribution in [3.63, 3.8) is 0 Å². The third-order valence-corrected chi connectivity index (χ3v) is 5.38. The second kappa shape index (κ2) is 12.7. The molecule has 11 heteroatoms. The zero-order valence-corrected chi connectivity index (χ0v) is 21.2. The van der Waals surface area contributed by atoms with Crippen molar-refractivity contribution in [2.75, 3.05) is 6.61 Å². The molecule has 0 bridgehead atoms. The Morgan fingerprint density at radius 3 is 1.97 bits per heavy atom. The minimum atomic E-state index is -1.33. The van der Waals surface area contributed by atoms with Crippen LogP contribution >= 0.6 is 0 Å². The summed E-state index contributed by atoms with van der Waals surface area (Å²) in [5, 5.41) is 9.15. The lowest BCUT2D eigenvalue weighted by molar-refractivity contribution is -0.288. The first-order valence-electron chi connectivity index (χ1n) is 11.6. The van der Waals surface area contributed by atoms with Crippen LogP contribution in [0, 0.1) is 11.3 Å². The summed E-state index contributed by atoms with van der Waals surface area (Å²) in [5.41, 5.74) is 2.15. The third kappa shape index (κ3) is 7.54. The number of rotatable bonds is 8. The predicted molar refractivity (Wildman–Crippen MR) is 129 cm³/mol. The number of hydrogen-bond donors (Lipinski definition) is 0. The molecule has 0 aliphatic carbocycles. The highest BCUT2D eigenvalue weighted by Gasteiger charge is 2.53. The molecule has 11 nitrogen and oxygen atoms in total. The van der Waals surface area contributed by atoms with E-state index in [1.54, 1.807) is 42.5 Å². The Labute approximate surface area is 219 Å². The number of benzene rings is 2. The molecule has 0 radical (unpaired) electrons. The van der Waals surface area contributed by atoms with Crippen molar-refractivity contribution >= 4 is 23.9 Å². The number of nitrogens with zero attached hydrogens (tertiary/aromatic N) is 1. The largest absolute Gasteiger partial charge is 0.463 e. The molecule has 200 valence electrons. The molecule has 1 heterocycles. The maximum absolute atomic E-state index is 11.9. The molecule has 1 saturated heterocycles. The average molecular weight is 526 g/mol. The van der Waals surface area contributed by atoms with Crippen LogP contribution in [0.15, 0.2) is 48.5 Å². The third-order valence-electron chi connectivity index (χ3n) is 5.38. The maximum atomic E-state index is 11.9. The van der Waals surface area contributed by atoms with Crippen LogP contribution in [-0.4, -0.2) is 61.2 Å². The van der Waals surface area contributed by atoms with E-state index in [1.807, 2.05) is 6.07 Å². The fourth-order valence-corrected chi connectivity index (χ4v) is 3.91. The fourth-order valence-electron chi connectivity index (χ4n) is 3.91. The van der Waals surface area contributed by atoms with E-state index in [1.165, 1.54) is 6.92 Å². The summed E-state index contributed by atoms with van der Waals surface area (Å²) in [4.78, 5) is 47.2. The van der Waals surface area contributed by atoms with E-state index in [2.05, 4.69) is 6.07 Å². The van der Waals surface area contributed by atoms with Crippen LogP contribution in [0.25, 0.3) is 11.1 Å². The van der Waals surface area contributed by atoms with Gasteiger partial charge in [-0.3, -0.25) is 19.2 Å². The van der Waals surface area contributed by atoms with Crippen LogP contribution in [0.3, 0.4) is 0 Å². The zero-order valence-electron chi connectivity index (χ0n) is 21.2. The van der Waals surface area contributed by atoms with Crippen LogP contribution in [0.1, 0.15) is 33.3 Å². The number of nitriles is 1. The van der Waals surface area contributed by atoms with Gasteiger partial charge in [0.25, 0.3) is 0 Å². The lowest BCUT2D eigenvalue weighted by Gasteiger charge is -2.43. The van der Waals surface area contributed by atoms with Crippen molar-refractivity contribution in [3.05, 3.63) is 54.1 Å². The summed E-state index contributed by atoms with van der Waals surface area (Å²) in [7, 11) is 0. The van der Waals surface area contributed by atoms with Gasteiger partial charge in [0, 0.05) is 27.7 Å². The second-order valence-electron chi connectivity index (χ2n) is 8.40. The highest BCUT2D eigenvalue weighted by atomic mass is 16.7. The molecule has 38 heavy (non-hydrogen) atoms. The average Bonchev–Trinajstić information content (AvgIpc) is 2.86. The Balaban J connectivity index is 1.93. The van der Waals surface area contributed by atoms with Gasteiger partial charge in [0.05, 0.1) is 11.6 Å². The smallest absolute Gasteiger partial charge is 0.303 e. The van der Waals surface area contributed by atoms with Crippen LogP contribution in [-0.2, 0) is 42.9 Å². The van der Waals surface area contributed by atoms with Crippen molar-refractivity contribution in [1.82, 2.24) is 0 Å². The Morgan fingerprint density at radius 2 is 1.39 bits per heavy atom. The zero-order chi connectivity index (χ0) is 27.8. The van der Waals surface area contributed by atoms with E-state index < -0.39 is 54.6 Å². The molecule has 1 fully saturated rings. The minimum absolute atomic E-state index is 0.311. The maximum Gasteiger partial charge on any atom is 0.303 e. The lowest BCUT2D eigenvalue weighted by Crippen LogP contribution is -2.63. The van der Waals surface area contributed by atoms with Crippen LogP contribution < -0.4 is 4.74 Å². The summed E-state index contributed by atoms with van der Waals surface area (Å²) in [5.74, 6) is -2.49. The van der Waals surface area contributed by atoms with E-state index in [0.717, 1.165) is 31.9 Å². The van der Waals surface area contributed by atoms with Gasteiger partial charge >= 0.3 is 23.9 Å². The molecular weight excluding hydrogens is 498 g/mol. The first-order valence-corrected chi connectivity index (χ1v) is 11.6. The standard InChI is InChI=1S/C27H27NO10/c1-15(29)33-14-23-24(34-16(2)30)25(35-17(3)31)26(36-18(4)32)27(38-23)37-22-10-8-20(9-11-22)21-7-5-6-19(12-21)13-28/h5-12,23-27H,14H2,1-4H3. The molecule has 2 aromatic carbocycles. The van der Waals surface area contributed by atoms with Crippen molar-refractivity contribution in [3.8, 4) is 22.9 Å². The van der Waals surface area contributed by atoms with E-state index in [-0.39, 0.29) is 6.61 Å². The lowest BCUT2D eigenvalue weighted by atomic mass is 9.98. The number of carbonyl (C=O) groups is 4. The number of hydrogen-bond acceptors (Lipinski definition) is 11. The van der Waals surface area contributed by atoms with Crippen molar-refractivity contribution in [1.29, 1.82) is 5.26 Å². The van der Waals surface area contributed by atoms with E-state index in [0.29, 0.717) is 11.3 Å². The van der Waals surface area contributed by atoms with Gasteiger partial charge in [0.15, 0.2) is 12.2 Å². The summed E-state index contributed by atoms with van der Waals surface area (Å²) in [6, 6.07) is 16.0. The minimum Gasteiger partial charge on any atom is -0.463 e. The van der Waals surface area contributed by atoms with Crippen LogP contribution in [0.5, 0.6) is 5.75 Å². The number of esters is 4. The van der Waals surface area contributed by atoms with Gasteiger partial charge in [0.1, 0.15) is 18.5 Å². The summed E-state index contributed by atoms with van der Waals surface area (Å²) in [6.07, 6.45) is -6.37. The van der Waals surface area contributed by atoms with Crippen molar-refractivity contribution in [2.45, 2.75) is 58.4 Å². The molecule has 3 rings (SSSR count). The molecule has 0 N–H and O–H groups in total. The van der Waals surface area contributed by atoms with Crippen molar-refractivity contribution < 1.29 is 47.6 Å². The van der Waals surface area contributed by atoms with Gasteiger partial charge in [-0.2, -0.15) is 5.26 Å². The predicted octanol–water partition coefficient (Wildman–Crippen LogP) is 2.69. The van der Waals surface area contributed by atoms with Gasteiger partial charge in [0.2, 0.25) is 12.4 Å². The SMILES string of the molecule is CC(=O)OCC1OC(Oc2ccc(-c3cccc(C#N)c3)cc2)C(OC(C)=O)C(OC(C)=O)C1OC(C)=O. The molecule has 0 aromatic heterocycles. The number of carbonyl (C=O) groups excluding carboxylic acids is 4. The summed E-state index contributed by atoms with van der Waals surface area (Å²) < 4.78 is 33.1. The molecule has 0 spiro atoms. The monoisotopic (exact) mass is 525 g/mol. The molecule has 2 aromatic rings. The highest BCUT2D eigenvalue weighted by Crippen LogP contribution is 2.32. The topological polar surface area (TPSA) is 147 Å². The van der Waals surface area contributed by atoms with E-state index in [9.17, 15) is 19.2 Å². The van der Waals surface area contributed by atoms with Crippen molar-refractivity contribution in [2.24, 2.45) is 0 Å². The van der Waals surface area contributed by atoms with Crippen LogP contribution in [0.4, 0.5) is 0 Å². The van der Waals surface area contributed by atoms with Gasteiger partial charge < -0.3 is 28.4 Å². The van der Waals surface area contributed by atoms with Gasteiger partial charge in [-0.25, -0.2) is 0 Å². The first kappa shape index (κ1) is 28.1. The summed E-state index contributed by atoms with van der Waals surface area (Å²) >= 11 is 0. The molecule has 5 unspecified atom stereocenters. The van der Waals surface area contributed by atoms with Gasteiger partial charge in [-0.15, -0.1) is 0 Å². The van der Waals surface area contributed by atoms with E-state index >= 15 is 0 Å². The summed E-state index contributed by atoms with van der Waals surface area (Å²) in [6.45, 7) is 4.27. The van der Waals surface area contributed by atoms with Crippen LogP contribution in [0.2, 0.25) is 0 Å². The molecular formula is C27H27NO10. The Kier molecular flexibility index (Phi) is 9.40. The molecule has 1 aliphatic rings. The van der Waals surface area contributed by atoms with Gasteiger partial charge in [-0.1, -0.05) is 24.3 Å². The molecule has 5 atom stereocenters. The molecule has 0 saturated carbocycles. The quantitative estimate of drug-likeness (QED) is 0.370. The Bertz CT molecular complexity index is 1220. The highest BCUT2D eigenvalue weighted by molar-refractivity contribution is 5.69. The second-order valence-corrected chi connectivity index (χ2v) is 8.40. The normalized spacial score (nSPS) is 22.3. The Morgan fingerprint density at radius 1 is 0.789 bits per heavy atom. The fraction of sp³-hybridized carbons (Fsp3) is 0.370. The molecule has 1 aliphatic heterocycles. The van der Waals surface area contributed by atoms with E-state index in [4.69, 9.17) is 33.7 Å². The van der Waals surface area contributed by atoms with Gasteiger partial charge in [-0.05, 0) is 35.4 Å². The molecule has 0 amide bonds. The Hall–Kier alpha value is -4.43.